The van der Waals surface area contributed by atoms with Gasteiger partial charge in [-0.3, -0.25) is 14.6 Å². The van der Waals surface area contributed by atoms with Crippen LogP contribution in [0.5, 0.6) is 0 Å². The van der Waals surface area contributed by atoms with Crippen LogP contribution in [0.2, 0.25) is 5.02 Å². The first-order chi connectivity index (χ1) is 22.5. The van der Waals surface area contributed by atoms with Crippen molar-refractivity contribution in [1.82, 2.24) is 20.9 Å². The van der Waals surface area contributed by atoms with Gasteiger partial charge in [-0.1, -0.05) is 75.1 Å². The Labute approximate surface area is 281 Å². The van der Waals surface area contributed by atoms with E-state index >= 15 is 0 Å². The smallest absolute Gasteiger partial charge is 0.310 e. The molecular weight excluding hydrogens is 615 g/mol. The topological polar surface area (TPSA) is 121 Å². The van der Waals surface area contributed by atoms with Crippen LogP contribution < -0.4 is 21.7 Å². The lowest BCUT2D eigenvalue weighted by atomic mass is 9.96. The van der Waals surface area contributed by atoms with E-state index < -0.39 is 17.4 Å². The predicted octanol–water partition coefficient (Wildman–Crippen LogP) is 6.10. The van der Waals surface area contributed by atoms with Gasteiger partial charge in [-0.25, -0.2) is 9.37 Å². The number of aliphatic imine (C=N–C) groups is 1. The molecule has 3 aromatic rings. The molecule has 1 aromatic heterocycles. The summed E-state index contributed by atoms with van der Waals surface area (Å²) >= 11 is 6.01. The average molecular weight is 657 g/mol. The summed E-state index contributed by atoms with van der Waals surface area (Å²) in [6, 6.07) is 15.6. The molecule has 1 aliphatic rings. The summed E-state index contributed by atoms with van der Waals surface area (Å²) in [6.07, 6.45) is 7.39. The maximum atomic E-state index is 14.8. The van der Waals surface area contributed by atoms with Crippen molar-refractivity contribution in [3.05, 3.63) is 112 Å². The summed E-state index contributed by atoms with van der Waals surface area (Å²) in [5, 5.41) is 8.99. The Morgan fingerprint density at radius 2 is 1.81 bits per heavy atom. The van der Waals surface area contributed by atoms with E-state index in [2.05, 4.69) is 58.2 Å². The highest BCUT2D eigenvalue weighted by Crippen LogP contribution is 2.47. The quantitative estimate of drug-likeness (QED) is 0.119. The van der Waals surface area contributed by atoms with Crippen molar-refractivity contribution >= 4 is 40.9 Å². The number of nitrogens with one attached hydrogen (secondary N) is 3. The van der Waals surface area contributed by atoms with Crippen LogP contribution in [-0.4, -0.2) is 36.6 Å². The molecule has 0 atom stereocenters. The summed E-state index contributed by atoms with van der Waals surface area (Å²) < 4.78 is 14.8. The molecule has 47 heavy (non-hydrogen) atoms. The largest absolute Gasteiger partial charge is 0.402 e. The number of benzene rings is 2. The van der Waals surface area contributed by atoms with Crippen LogP contribution in [0.15, 0.2) is 78.1 Å². The van der Waals surface area contributed by atoms with Crippen LogP contribution in [0.4, 0.5) is 4.39 Å². The van der Waals surface area contributed by atoms with E-state index in [-0.39, 0.29) is 18.9 Å². The number of nitrogens with zero attached hydrogens (tertiary/aromatic N) is 2. The fourth-order valence-corrected chi connectivity index (χ4v) is 4.73. The molecule has 0 unspecified atom stereocenters. The molecule has 0 aliphatic heterocycles. The number of carbonyl (C=O) groups excluding carboxylic acids is 2. The molecule has 10 heteroatoms. The normalized spacial score (nSPS) is 13.2. The molecule has 1 heterocycles. The molecule has 5 N–H and O–H groups in total. The van der Waals surface area contributed by atoms with Crippen LogP contribution in [0, 0.1) is 17.7 Å². The van der Waals surface area contributed by atoms with Crippen molar-refractivity contribution in [3.8, 4) is 11.8 Å². The zero-order valence-corrected chi connectivity index (χ0v) is 28.1. The Bertz CT molecular complexity index is 1710. The molecule has 1 aliphatic carbocycles. The number of halogens is 2. The third-order valence-electron chi connectivity index (χ3n) is 7.38. The van der Waals surface area contributed by atoms with Gasteiger partial charge in [0.1, 0.15) is 11.5 Å². The number of carbonyl (C=O) groups is 2. The molecule has 0 radical (unpaired) electrons. The Hall–Kier alpha value is -4.94. The summed E-state index contributed by atoms with van der Waals surface area (Å²) in [6.45, 7) is 10.4. The standard InChI is InChI=1S/C33H32ClFN6O2.C4H10/c1-21(36)28(20-37-3)24-16-25(18-26(35)17-24)33(12-13-33)41-22(2)27-9-5-4-8-23(27)19-40-32(43)31(42)39-15-7-11-30-29(34)10-6-14-38-30;1-3-4-2/h4-6,8-10,14,16-18,20,41H,2,12-13,15,19,36H2,1,3H3,(H,39,42)(H,40,43);3-4H2,1-2H3/b28-21+,37-20?;. The molecule has 8 nitrogen and oxygen atoms in total. The van der Waals surface area contributed by atoms with E-state index in [0.717, 1.165) is 29.5 Å². The summed E-state index contributed by atoms with van der Waals surface area (Å²) in [5.74, 6) is 3.49. The first kappa shape index (κ1) is 36.5. The number of rotatable bonds is 10. The summed E-state index contributed by atoms with van der Waals surface area (Å²) in [5.41, 5.74) is 10.7. The van der Waals surface area contributed by atoms with Crippen LogP contribution in [0.1, 0.15) is 74.4 Å². The van der Waals surface area contributed by atoms with E-state index in [4.69, 9.17) is 17.3 Å². The average Bonchev–Trinajstić information content (AvgIpc) is 3.85. The van der Waals surface area contributed by atoms with Crippen molar-refractivity contribution in [1.29, 1.82) is 0 Å². The minimum atomic E-state index is -0.816. The number of unbranched alkanes of at least 4 members (excludes halogenated alkanes) is 1. The van der Waals surface area contributed by atoms with E-state index in [9.17, 15) is 14.0 Å². The molecule has 1 fully saturated rings. The Balaban J connectivity index is 0.00000142. The fourth-order valence-electron chi connectivity index (χ4n) is 4.56. The van der Waals surface area contributed by atoms with E-state index in [1.54, 1.807) is 38.5 Å². The van der Waals surface area contributed by atoms with Gasteiger partial charge in [-0.15, -0.1) is 0 Å². The van der Waals surface area contributed by atoms with Crippen molar-refractivity contribution in [3.63, 3.8) is 0 Å². The highest BCUT2D eigenvalue weighted by atomic mass is 35.5. The first-order valence-corrected chi connectivity index (χ1v) is 15.8. The second kappa shape index (κ2) is 17.7. The second-order valence-corrected chi connectivity index (χ2v) is 11.5. The van der Waals surface area contributed by atoms with Gasteiger partial charge in [0, 0.05) is 48.5 Å². The highest BCUT2D eigenvalue weighted by Gasteiger charge is 2.45. The highest BCUT2D eigenvalue weighted by molar-refractivity contribution is 6.35. The molecule has 2 aromatic carbocycles. The number of allylic oxidation sites excluding steroid dienone is 2. The van der Waals surface area contributed by atoms with Crippen LogP contribution >= 0.6 is 11.6 Å². The van der Waals surface area contributed by atoms with Crippen molar-refractivity contribution in [2.24, 2.45) is 10.7 Å². The minimum absolute atomic E-state index is 0.0479. The van der Waals surface area contributed by atoms with Crippen LogP contribution in [0.25, 0.3) is 11.3 Å². The monoisotopic (exact) mass is 656 g/mol. The summed E-state index contributed by atoms with van der Waals surface area (Å²) in [4.78, 5) is 32.8. The van der Waals surface area contributed by atoms with E-state index in [0.29, 0.717) is 33.2 Å². The zero-order chi connectivity index (χ0) is 34.4. The molecule has 4 rings (SSSR count). The number of amides is 2. The minimum Gasteiger partial charge on any atom is -0.402 e. The van der Waals surface area contributed by atoms with Crippen molar-refractivity contribution < 1.29 is 14.0 Å². The van der Waals surface area contributed by atoms with Gasteiger partial charge in [-0.2, -0.15) is 0 Å². The SMILES string of the molecule is C=C(NC1(c2cc(F)cc(/C(C=NC)=C(\C)N)c2)CC1)c1ccccc1CNC(=O)C(=O)NCC#Cc1ncccc1Cl.CCCC. The second-order valence-electron chi connectivity index (χ2n) is 11.1. The van der Waals surface area contributed by atoms with Gasteiger partial charge in [-0.05, 0) is 72.7 Å². The maximum absolute atomic E-state index is 14.8. The fraction of sp³-hybridized carbons (Fsp3) is 0.297. The maximum Gasteiger partial charge on any atom is 0.310 e. The number of pyridine rings is 1. The predicted molar refractivity (Wildman–Crippen MR) is 189 cm³/mol. The van der Waals surface area contributed by atoms with Gasteiger partial charge in [0.25, 0.3) is 0 Å². The Kier molecular flexibility index (Phi) is 13.7. The van der Waals surface area contributed by atoms with E-state index in [1.165, 1.54) is 25.0 Å². The van der Waals surface area contributed by atoms with Gasteiger partial charge in [0.15, 0.2) is 0 Å². The van der Waals surface area contributed by atoms with Gasteiger partial charge in [0.05, 0.1) is 17.1 Å². The molecule has 0 saturated heterocycles. The lowest BCUT2D eigenvalue weighted by Gasteiger charge is -2.23. The molecule has 246 valence electrons. The first-order valence-electron chi connectivity index (χ1n) is 15.5. The third kappa shape index (κ3) is 10.5. The van der Waals surface area contributed by atoms with Crippen molar-refractivity contribution in [2.75, 3.05) is 13.6 Å². The Morgan fingerprint density at radius 3 is 2.45 bits per heavy atom. The molecule has 2 amide bonds. The molecule has 1 saturated carbocycles. The van der Waals surface area contributed by atoms with Gasteiger partial charge < -0.3 is 21.7 Å². The third-order valence-corrected chi connectivity index (χ3v) is 7.68. The van der Waals surface area contributed by atoms with Crippen LogP contribution in [-0.2, 0) is 21.7 Å². The van der Waals surface area contributed by atoms with Crippen LogP contribution in [0.3, 0.4) is 0 Å². The molecule has 0 bridgehead atoms. The number of aromatic nitrogens is 1. The number of hydrogen-bond donors (Lipinski definition) is 4. The Morgan fingerprint density at radius 1 is 1.11 bits per heavy atom. The van der Waals surface area contributed by atoms with Gasteiger partial charge in [0.2, 0.25) is 0 Å². The molecular formula is C37H42ClFN6O2. The van der Waals surface area contributed by atoms with Gasteiger partial charge >= 0.3 is 11.8 Å². The summed E-state index contributed by atoms with van der Waals surface area (Å²) in [7, 11) is 1.64. The molecule has 0 spiro atoms. The van der Waals surface area contributed by atoms with Crippen molar-refractivity contribution in [2.45, 2.75) is 58.5 Å². The lowest BCUT2D eigenvalue weighted by Crippen LogP contribution is -2.39. The lowest BCUT2D eigenvalue weighted by molar-refractivity contribution is -0.139. The number of hydrogen-bond acceptors (Lipinski definition) is 6. The number of nitrogens with two attached hydrogens (primary N) is 1. The van der Waals surface area contributed by atoms with E-state index in [1.807, 2.05) is 30.3 Å². The zero-order valence-electron chi connectivity index (χ0n) is 27.3.